The van der Waals surface area contributed by atoms with Gasteiger partial charge in [-0.25, -0.2) is 17.2 Å². The Labute approximate surface area is 190 Å². The molecule has 0 aliphatic heterocycles. The maximum Gasteiger partial charge on any atom is 0.268 e. The molecule has 174 valence electrons. The molecule has 33 heavy (non-hydrogen) atoms. The predicted octanol–water partition coefficient (Wildman–Crippen LogP) is 4.12. The Bertz CT molecular complexity index is 1280. The fourth-order valence-corrected chi connectivity index (χ4v) is 4.75. The number of benzene rings is 3. The van der Waals surface area contributed by atoms with Crippen LogP contribution in [0.4, 0.5) is 20.2 Å². The number of amides is 1. The van der Waals surface area contributed by atoms with E-state index in [1.165, 1.54) is 44.6 Å². The first-order valence-corrected chi connectivity index (χ1v) is 11.2. The second kappa shape index (κ2) is 9.86. The van der Waals surface area contributed by atoms with E-state index in [-0.39, 0.29) is 22.0 Å². The zero-order valence-electron chi connectivity index (χ0n) is 18.1. The average Bonchev–Trinajstić information content (AvgIpc) is 2.79. The molecule has 0 aliphatic carbocycles. The first kappa shape index (κ1) is 24.0. The van der Waals surface area contributed by atoms with Crippen molar-refractivity contribution in [1.29, 1.82) is 0 Å². The Morgan fingerprint density at radius 2 is 1.73 bits per heavy atom. The number of anilines is 2. The Morgan fingerprint density at radius 1 is 0.970 bits per heavy atom. The van der Waals surface area contributed by atoms with E-state index >= 15 is 0 Å². The molecule has 0 saturated carbocycles. The van der Waals surface area contributed by atoms with Crippen LogP contribution in [0.2, 0.25) is 0 Å². The van der Waals surface area contributed by atoms with Crippen molar-refractivity contribution in [2.45, 2.75) is 11.8 Å². The number of sulfonamides is 1. The molecule has 0 unspecified atom stereocenters. The van der Waals surface area contributed by atoms with Crippen LogP contribution in [0, 0.1) is 18.6 Å². The minimum atomic E-state index is -4.29. The molecule has 1 amide bonds. The van der Waals surface area contributed by atoms with Crippen molar-refractivity contribution in [2.24, 2.45) is 0 Å². The van der Waals surface area contributed by atoms with Crippen molar-refractivity contribution in [3.63, 3.8) is 0 Å². The van der Waals surface area contributed by atoms with E-state index in [2.05, 4.69) is 5.32 Å². The molecule has 0 saturated heterocycles. The summed E-state index contributed by atoms with van der Waals surface area (Å²) in [4.78, 5) is 12.6. The highest BCUT2D eigenvalue weighted by atomic mass is 32.2. The number of rotatable bonds is 8. The molecule has 7 nitrogen and oxygen atoms in total. The molecule has 1 N–H and O–H groups in total. The summed E-state index contributed by atoms with van der Waals surface area (Å²) in [6.45, 7) is 1.08. The molecule has 0 aliphatic rings. The van der Waals surface area contributed by atoms with Gasteiger partial charge in [0.05, 0.1) is 19.9 Å². The van der Waals surface area contributed by atoms with Gasteiger partial charge in [0.2, 0.25) is 5.91 Å². The van der Waals surface area contributed by atoms with E-state index in [1.54, 1.807) is 25.1 Å². The molecule has 0 heterocycles. The zero-order chi connectivity index (χ0) is 24.2. The molecule has 3 rings (SSSR count). The van der Waals surface area contributed by atoms with Crippen LogP contribution in [-0.4, -0.2) is 35.1 Å². The number of hydrogen-bond donors (Lipinski definition) is 1. The van der Waals surface area contributed by atoms with Crippen molar-refractivity contribution >= 4 is 27.3 Å². The third-order valence-electron chi connectivity index (χ3n) is 4.72. The van der Waals surface area contributed by atoms with E-state index in [9.17, 15) is 22.0 Å². The van der Waals surface area contributed by atoms with E-state index in [4.69, 9.17) is 9.47 Å². The molecule has 0 fully saturated rings. The molecule has 3 aromatic rings. The molecule has 0 bridgehead atoms. The highest BCUT2D eigenvalue weighted by molar-refractivity contribution is 7.93. The number of aryl methyl sites for hydroxylation is 1. The molecule has 0 spiro atoms. The minimum absolute atomic E-state index is 0.0185. The third kappa shape index (κ3) is 5.40. The topological polar surface area (TPSA) is 84.9 Å². The summed E-state index contributed by atoms with van der Waals surface area (Å²) in [5.74, 6) is -2.49. The van der Waals surface area contributed by atoms with Gasteiger partial charge in [-0.3, -0.25) is 9.10 Å². The van der Waals surface area contributed by atoms with Gasteiger partial charge in [0, 0.05) is 17.8 Å². The number of hydrogen-bond acceptors (Lipinski definition) is 5. The van der Waals surface area contributed by atoms with Crippen LogP contribution in [0.15, 0.2) is 65.6 Å². The summed E-state index contributed by atoms with van der Waals surface area (Å²) in [6.07, 6.45) is 0. The van der Waals surface area contributed by atoms with Crippen molar-refractivity contribution in [2.75, 3.05) is 30.4 Å². The van der Waals surface area contributed by atoms with Gasteiger partial charge in [-0.15, -0.1) is 0 Å². The number of ether oxygens (including phenoxy) is 2. The quantitative estimate of drug-likeness (QED) is 0.529. The first-order chi connectivity index (χ1) is 15.6. The minimum Gasteiger partial charge on any atom is -0.497 e. The summed E-state index contributed by atoms with van der Waals surface area (Å²) in [5, 5.41) is 2.39. The van der Waals surface area contributed by atoms with E-state index < -0.39 is 34.1 Å². The van der Waals surface area contributed by atoms with Gasteiger partial charge in [-0.2, -0.15) is 0 Å². The molecule has 0 radical (unpaired) electrons. The van der Waals surface area contributed by atoms with Crippen LogP contribution >= 0.6 is 0 Å². The van der Waals surface area contributed by atoms with Crippen molar-refractivity contribution in [3.05, 3.63) is 77.9 Å². The standard InChI is InChI=1S/C23H22F2N2O5S/c1-15-7-10-21(32-3)22(11-15)33(29,30)27(17-5-4-6-18(13-17)31-2)14-23(28)26-16-8-9-19(24)20(25)12-16/h4-13H,14H2,1-3H3,(H,26,28). The lowest BCUT2D eigenvalue weighted by atomic mass is 10.2. The summed E-state index contributed by atoms with van der Waals surface area (Å²) in [6, 6.07) is 13.7. The van der Waals surface area contributed by atoms with Crippen LogP contribution in [0.5, 0.6) is 11.5 Å². The fraction of sp³-hybridized carbons (Fsp3) is 0.174. The smallest absolute Gasteiger partial charge is 0.268 e. The second-order valence-electron chi connectivity index (χ2n) is 7.04. The highest BCUT2D eigenvalue weighted by Crippen LogP contribution is 2.32. The van der Waals surface area contributed by atoms with E-state index in [1.807, 2.05) is 0 Å². The van der Waals surface area contributed by atoms with Crippen molar-refractivity contribution < 1.29 is 31.5 Å². The molecular weight excluding hydrogens is 454 g/mol. The number of carbonyl (C=O) groups excluding carboxylic acids is 1. The Kier molecular flexibility index (Phi) is 7.17. The van der Waals surface area contributed by atoms with Crippen molar-refractivity contribution in [1.82, 2.24) is 0 Å². The van der Waals surface area contributed by atoms with Crippen molar-refractivity contribution in [3.8, 4) is 11.5 Å². The van der Waals surface area contributed by atoms with Crippen LogP contribution < -0.4 is 19.1 Å². The summed E-state index contributed by atoms with van der Waals surface area (Å²) >= 11 is 0. The van der Waals surface area contributed by atoms with Gasteiger partial charge in [-0.05, 0) is 48.9 Å². The van der Waals surface area contributed by atoms with Gasteiger partial charge < -0.3 is 14.8 Å². The lowest BCUT2D eigenvalue weighted by Gasteiger charge is -2.25. The Hall–Kier alpha value is -3.66. The highest BCUT2D eigenvalue weighted by Gasteiger charge is 2.30. The zero-order valence-corrected chi connectivity index (χ0v) is 18.9. The Morgan fingerprint density at radius 3 is 2.39 bits per heavy atom. The lowest BCUT2D eigenvalue weighted by molar-refractivity contribution is -0.114. The molecule has 0 atom stereocenters. The second-order valence-corrected chi connectivity index (χ2v) is 8.88. The van der Waals surface area contributed by atoms with Gasteiger partial charge in [-0.1, -0.05) is 12.1 Å². The van der Waals surface area contributed by atoms with E-state index in [0.29, 0.717) is 11.3 Å². The first-order valence-electron chi connectivity index (χ1n) is 9.72. The number of methoxy groups -OCH3 is 2. The average molecular weight is 477 g/mol. The summed E-state index contributed by atoms with van der Waals surface area (Å²) < 4.78 is 65.3. The maximum absolute atomic E-state index is 13.7. The lowest BCUT2D eigenvalue weighted by Crippen LogP contribution is -2.38. The van der Waals surface area contributed by atoms with Crippen LogP contribution in [-0.2, 0) is 14.8 Å². The van der Waals surface area contributed by atoms with Gasteiger partial charge in [0.25, 0.3) is 10.0 Å². The third-order valence-corrected chi connectivity index (χ3v) is 6.51. The monoisotopic (exact) mass is 476 g/mol. The van der Waals surface area contributed by atoms with Crippen LogP contribution in [0.3, 0.4) is 0 Å². The normalized spacial score (nSPS) is 11.1. The predicted molar refractivity (Wildman–Crippen MR) is 120 cm³/mol. The SMILES string of the molecule is COc1cccc(N(CC(=O)Nc2ccc(F)c(F)c2)S(=O)(=O)c2cc(C)ccc2OC)c1. The number of nitrogens with zero attached hydrogens (tertiary/aromatic N) is 1. The van der Waals surface area contributed by atoms with Crippen LogP contribution in [0.1, 0.15) is 5.56 Å². The largest absolute Gasteiger partial charge is 0.497 e. The molecule has 10 heteroatoms. The molecule has 3 aromatic carbocycles. The van der Waals surface area contributed by atoms with Gasteiger partial charge in [0.15, 0.2) is 11.6 Å². The number of halogens is 2. The number of carbonyl (C=O) groups is 1. The van der Waals surface area contributed by atoms with Gasteiger partial charge >= 0.3 is 0 Å². The van der Waals surface area contributed by atoms with E-state index in [0.717, 1.165) is 16.4 Å². The summed E-state index contributed by atoms with van der Waals surface area (Å²) in [7, 11) is -1.52. The molecule has 0 aromatic heterocycles. The van der Waals surface area contributed by atoms with Crippen LogP contribution in [0.25, 0.3) is 0 Å². The summed E-state index contributed by atoms with van der Waals surface area (Å²) in [5.41, 5.74) is 0.819. The maximum atomic E-state index is 13.7. The molecular formula is C23H22F2N2O5S. The fourth-order valence-electron chi connectivity index (χ4n) is 3.09. The van der Waals surface area contributed by atoms with Gasteiger partial charge in [0.1, 0.15) is 22.9 Å². The Balaban J connectivity index is 2.03. The number of nitrogens with one attached hydrogen (secondary N) is 1.